The van der Waals surface area contributed by atoms with Gasteiger partial charge in [0.1, 0.15) is 5.25 Å². The molecule has 4 unspecified atom stereocenters. The molecule has 12 heteroatoms. The summed E-state index contributed by atoms with van der Waals surface area (Å²) in [6.45, 7) is 0.929. The van der Waals surface area contributed by atoms with Crippen LogP contribution in [0.25, 0.3) is 0 Å². The predicted octanol–water partition coefficient (Wildman–Crippen LogP) is -2.02. The van der Waals surface area contributed by atoms with Crippen LogP contribution in [0.2, 0.25) is 0 Å². The summed E-state index contributed by atoms with van der Waals surface area (Å²) in [5.74, 6) is -0.337. The Hall–Kier alpha value is -1.15. The Morgan fingerprint density at radius 2 is 1.85 bits per heavy atom. The predicted molar refractivity (Wildman–Crippen MR) is 99.6 cm³/mol. The molecule has 152 valence electrons. The largest absolute Gasteiger partial charge is 0.315 e. The van der Waals surface area contributed by atoms with Gasteiger partial charge in [-0.15, -0.1) is 0 Å². The lowest BCUT2D eigenvalue weighted by Gasteiger charge is -2.45. The molecule has 1 aliphatic carbocycles. The number of nitrogens with zero attached hydrogens (tertiary/aromatic N) is 2. The lowest BCUT2D eigenvalue weighted by Crippen LogP contribution is -2.61. The van der Waals surface area contributed by atoms with Crippen molar-refractivity contribution in [2.45, 2.75) is 36.7 Å². The topological polar surface area (TPSA) is 170 Å². The molecule has 3 rings (SSSR count). The van der Waals surface area contributed by atoms with Crippen LogP contribution in [0.15, 0.2) is 23.1 Å². The maximum atomic E-state index is 12.0. The fourth-order valence-electron chi connectivity index (χ4n) is 3.96. The van der Waals surface area contributed by atoms with Crippen molar-refractivity contribution in [1.29, 1.82) is 0 Å². The molecule has 3 aliphatic rings. The summed E-state index contributed by atoms with van der Waals surface area (Å²) in [6, 6.07) is -0.185. The molecule has 0 amide bonds. The van der Waals surface area contributed by atoms with Gasteiger partial charge in [0.25, 0.3) is 0 Å². The standard InChI is InChI=1S/C15H25N5O5S2/c16-15-7-13(21)14(27(18,24)25)8-20(15)9-19-5-1-2-10-3-4-11(6-12(10)19)26(17,22)23/h3-4,6,10,12,14-15H,1-2,5,7-9,16H2,(H2,17,22,23)(H2,18,24,25). The van der Waals surface area contributed by atoms with Gasteiger partial charge in [-0.3, -0.25) is 14.6 Å². The van der Waals surface area contributed by atoms with Crippen molar-refractivity contribution >= 4 is 25.8 Å². The molecule has 0 spiro atoms. The molecule has 0 saturated carbocycles. The zero-order valence-corrected chi connectivity index (χ0v) is 16.4. The van der Waals surface area contributed by atoms with E-state index in [1.165, 1.54) is 6.08 Å². The molecule has 10 nitrogen and oxygen atoms in total. The molecule has 0 aromatic carbocycles. The molecule has 0 aromatic heterocycles. The van der Waals surface area contributed by atoms with Crippen LogP contribution in [0.4, 0.5) is 0 Å². The normalized spacial score (nSPS) is 33.6. The Labute approximate surface area is 159 Å². The third-order valence-corrected chi connectivity index (χ3v) is 7.55. The van der Waals surface area contributed by atoms with Crippen LogP contribution in [0.3, 0.4) is 0 Å². The highest BCUT2D eigenvalue weighted by atomic mass is 32.2. The fraction of sp³-hybridized carbons (Fsp3) is 0.667. The molecule has 2 aliphatic heterocycles. The van der Waals surface area contributed by atoms with Gasteiger partial charge in [0.05, 0.1) is 17.7 Å². The minimum Gasteiger partial charge on any atom is -0.315 e. The molecule has 2 fully saturated rings. The summed E-state index contributed by atoms with van der Waals surface area (Å²) in [7, 11) is -7.82. The van der Waals surface area contributed by atoms with Gasteiger partial charge in [-0.25, -0.2) is 27.1 Å². The van der Waals surface area contributed by atoms with Crippen molar-refractivity contribution in [1.82, 2.24) is 9.80 Å². The van der Waals surface area contributed by atoms with E-state index in [1.807, 2.05) is 11.0 Å². The maximum absolute atomic E-state index is 12.0. The van der Waals surface area contributed by atoms with Crippen molar-refractivity contribution in [3.63, 3.8) is 0 Å². The first-order valence-electron chi connectivity index (χ1n) is 8.67. The van der Waals surface area contributed by atoms with Crippen molar-refractivity contribution in [2.75, 3.05) is 19.8 Å². The summed E-state index contributed by atoms with van der Waals surface area (Å²) in [5, 5.41) is 9.14. The first kappa shape index (κ1) is 20.6. The molecule has 2 saturated heterocycles. The van der Waals surface area contributed by atoms with Gasteiger partial charge in [0.15, 0.2) is 5.78 Å². The van der Waals surface area contributed by atoms with Crippen molar-refractivity contribution in [3.8, 4) is 0 Å². The number of hydrogen-bond acceptors (Lipinski definition) is 8. The summed E-state index contributed by atoms with van der Waals surface area (Å²) in [6.07, 6.45) is 6.13. The van der Waals surface area contributed by atoms with Crippen LogP contribution >= 0.6 is 0 Å². The number of carbonyl (C=O) groups excluding carboxylic acids is 1. The number of rotatable bonds is 4. The van der Waals surface area contributed by atoms with Crippen molar-refractivity contribution in [3.05, 3.63) is 23.1 Å². The first-order valence-corrected chi connectivity index (χ1v) is 11.8. The highest BCUT2D eigenvalue weighted by Crippen LogP contribution is 2.31. The van der Waals surface area contributed by atoms with E-state index in [4.69, 9.17) is 16.0 Å². The number of nitrogens with two attached hydrogens (primary N) is 3. The number of hydrogen-bond donors (Lipinski definition) is 3. The average Bonchev–Trinajstić information content (AvgIpc) is 2.55. The van der Waals surface area contributed by atoms with Crippen LogP contribution in [0.5, 0.6) is 0 Å². The zero-order chi connectivity index (χ0) is 20.0. The summed E-state index contributed by atoms with van der Waals surface area (Å²) >= 11 is 0. The van der Waals surface area contributed by atoms with E-state index >= 15 is 0 Å². The molecule has 2 heterocycles. The number of ketones is 1. The van der Waals surface area contributed by atoms with E-state index in [9.17, 15) is 21.6 Å². The second-order valence-corrected chi connectivity index (χ2v) is 10.6. The smallest absolute Gasteiger partial charge is 0.237 e. The molecule has 0 bridgehead atoms. The third-order valence-electron chi connectivity index (χ3n) is 5.41. The van der Waals surface area contributed by atoms with Gasteiger partial charge in [-0.05, 0) is 30.9 Å². The lowest BCUT2D eigenvalue weighted by atomic mass is 9.86. The van der Waals surface area contributed by atoms with Gasteiger partial charge in [-0.1, -0.05) is 6.08 Å². The molecular weight excluding hydrogens is 394 g/mol. The molecule has 0 aromatic rings. The van der Waals surface area contributed by atoms with Gasteiger partial charge in [-0.2, -0.15) is 0 Å². The Morgan fingerprint density at radius 3 is 2.48 bits per heavy atom. The third kappa shape index (κ3) is 4.47. The maximum Gasteiger partial charge on any atom is 0.237 e. The van der Waals surface area contributed by atoms with Crippen molar-refractivity contribution < 1.29 is 21.6 Å². The number of fused-ring (bicyclic) bond motifs is 1. The van der Waals surface area contributed by atoms with Crippen LogP contribution in [0, 0.1) is 5.92 Å². The van der Waals surface area contributed by atoms with Crippen LogP contribution in [-0.2, 0) is 24.8 Å². The fourth-order valence-corrected chi connectivity index (χ4v) is 5.42. The van der Waals surface area contributed by atoms with E-state index in [1.54, 1.807) is 11.0 Å². The summed E-state index contributed by atoms with van der Waals surface area (Å²) in [5.41, 5.74) is 6.05. The Balaban J connectivity index is 1.80. The van der Waals surface area contributed by atoms with E-state index < -0.39 is 37.2 Å². The van der Waals surface area contributed by atoms with Gasteiger partial charge in [0.2, 0.25) is 20.0 Å². The molecule has 0 radical (unpaired) electrons. The Bertz CT molecular complexity index is 882. The summed E-state index contributed by atoms with van der Waals surface area (Å²) < 4.78 is 46.8. The van der Waals surface area contributed by atoms with Crippen molar-refractivity contribution in [2.24, 2.45) is 21.9 Å². The van der Waals surface area contributed by atoms with Crippen LogP contribution in [-0.4, -0.2) is 69.6 Å². The monoisotopic (exact) mass is 419 g/mol. The highest BCUT2D eigenvalue weighted by Gasteiger charge is 2.41. The average molecular weight is 420 g/mol. The summed E-state index contributed by atoms with van der Waals surface area (Å²) in [4.78, 5) is 15.8. The van der Waals surface area contributed by atoms with E-state index in [0.29, 0.717) is 13.2 Å². The molecule has 4 atom stereocenters. The number of primary sulfonamides is 2. The number of Topliss-reactive ketones (excluding diaryl/α,β-unsaturated/α-hetero) is 1. The second kappa shape index (κ2) is 7.35. The van der Waals surface area contributed by atoms with Gasteiger partial charge in [0, 0.05) is 25.6 Å². The number of allylic oxidation sites excluding steroid dienone is 1. The van der Waals surface area contributed by atoms with Crippen LogP contribution in [0.1, 0.15) is 19.3 Å². The number of likely N-dealkylation sites (tertiary alicyclic amines) is 2. The second-order valence-electron chi connectivity index (χ2n) is 7.31. The lowest BCUT2D eigenvalue weighted by molar-refractivity contribution is -0.123. The zero-order valence-electron chi connectivity index (χ0n) is 14.8. The minimum absolute atomic E-state index is 0.0659. The van der Waals surface area contributed by atoms with E-state index in [-0.39, 0.29) is 29.8 Å². The van der Waals surface area contributed by atoms with E-state index in [0.717, 1.165) is 12.8 Å². The number of piperidine rings is 2. The Kier molecular flexibility index (Phi) is 5.60. The molecule has 6 N–H and O–H groups in total. The quantitative estimate of drug-likeness (QED) is 0.469. The number of sulfonamides is 2. The van der Waals surface area contributed by atoms with Gasteiger partial charge >= 0.3 is 0 Å². The molecule has 27 heavy (non-hydrogen) atoms. The molecular formula is C15H25N5O5S2. The van der Waals surface area contributed by atoms with Gasteiger partial charge < -0.3 is 5.73 Å². The highest BCUT2D eigenvalue weighted by molar-refractivity contribution is 7.93. The first-order chi connectivity index (χ1) is 12.5. The Morgan fingerprint density at radius 1 is 1.15 bits per heavy atom. The minimum atomic E-state index is -4.01. The number of carbonyl (C=O) groups is 1. The van der Waals surface area contributed by atoms with E-state index in [2.05, 4.69) is 0 Å². The SMILES string of the molecule is NC1CC(=O)C(S(N)(=O)=O)CN1CN1CCCC2C=CC(S(N)(=O)=O)=CC21. The van der Waals surface area contributed by atoms with Crippen LogP contribution < -0.4 is 16.0 Å².